The van der Waals surface area contributed by atoms with Crippen LogP contribution in [0.25, 0.3) is 22.3 Å². The SMILES string of the molecule is NS(=O)(=O)c1cc(NC(=O)C(O)c2ccccc2Cl)ccc1-c1cnn(C2CC2)c1.NS(=O)(=O)c1cc(NC(=O)Cc2ccccc2Cl)ccc1-c1cncc(N2CCCC2)c1. The van der Waals surface area contributed by atoms with Gasteiger partial charge in [0.15, 0.2) is 6.10 Å². The van der Waals surface area contributed by atoms with Crippen molar-refractivity contribution in [1.82, 2.24) is 14.8 Å². The van der Waals surface area contributed by atoms with Crippen LogP contribution in [0.5, 0.6) is 0 Å². The molecule has 6 aromatic rings. The predicted molar refractivity (Wildman–Crippen MR) is 239 cm³/mol. The number of primary sulfonamides is 2. The summed E-state index contributed by atoms with van der Waals surface area (Å²) in [5.41, 5.74) is 4.45. The zero-order chi connectivity index (χ0) is 44.2. The number of rotatable bonds is 12. The first-order valence-corrected chi connectivity index (χ1v) is 23.3. The maximum absolute atomic E-state index is 12.5. The summed E-state index contributed by atoms with van der Waals surface area (Å²) < 4.78 is 50.9. The van der Waals surface area contributed by atoms with Crippen LogP contribution in [-0.2, 0) is 36.1 Å². The van der Waals surface area contributed by atoms with Gasteiger partial charge in [-0.2, -0.15) is 5.10 Å². The molecule has 1 saturated heterocycles. The minimum absolute atomic E-state index is 0.0634. The number of halogens is 2. The number of nitrogens with zero attached hydrogens (tertiary/aromatic N) is 4. The Morgan fingerprint density at radius 2 is 1.35 bits per heavy atom. The van der Waals surface area contributed by atoms with Crippen molar-refractivity contribution in [3.8, 4) is 22.3 Å². The number of carbonyl (C=O) groups excluding carboxylic acids is 2. The molecule has 1 saturated carbocycles. The van der Waals surface area contributed by atoms with Gasteiger partial charge in [-0.1, -0.05) is 71.7 Å². The summed E-state index contributed by atoms with van der Waals surface area (Å²) in [6.45, 7) is 1.90. The maximum atomic E-state index is 12.5. The molecular formula is C43H42Cl2N8O7S2. The number of hydrogen-bond acceptors (Lipinski definition) is 10. The van der Waals surface area contributed by atoms with Gasteiger partial charge in [0.1, 0.15) is 0 Å². The summed E-state index contributed by atoms with van der Waals surface area (Å²) in [4.78, 5) is 31.2. The molecule has 1 atom stereocenters. The first kappa shape index (κ1) is 44.4. The van der Waals surface area contributed by atoms with Crippen LogP contribution < -0.4 is 25.8 Å². The van der Waals surface area contributed by atoms with Crippen LogP contribution in [0, 0.1) is 0 Å². The van der Waals surface area contributed by atoms with Crippen molar-refractivity contribution in [2.75, 3.05) is 28.6 Å². The molecule has 3 heterocycles. The number of aromatic nitrogens is 3. The lowest BCUT2D eigenvalue weighted by Gasteiger charge is -2.18. The molecule has 19 heteroatoms. The average molecular weight is 918 g/mol. The molecule has 2 amide bonds. The number of pyridine rings is 1. The van der Waals surface area contributed by atoms with E-state index in [0.717, 1.165) is 44.5 Å². The minimum atomic E-state index is -4.09. The van der Waals surface area contributed by atoms with Gasteiger partial charge in [-0.3, -0.25) is 19.3 Å². The summed E-state index contributed by atoms with van der Waals surface area (Å²) in [6, 6.07) is 24.7. The van der Waals surface area contributed by atoms with E-state index in [0.29, 0.717) is 44.6 Å². The van der Waals surface area contributed by atoms with Crippen LogP contribution in [0.1, 0.15) is 49.0 Å². The number of anilines is 3. The molecule has 8 rings (SSSR count). The van der Waals surface area contributed by atoms with Crippen molar-refractivity contribution in [3.05, 3.63) is 137 Å². The van der Waals surface area contributed by atoms with Gasteiger partial charge in [0.05, 0.1) is 40.3 Å². The number of nitrogens with two attached hydrogens (primary N) is 2. The van der Waals surface area contributed by atoms with E-state index in [1.165, 1.54) is 24.3 Å². The molecule has 0 radical (unpaired) electrons. The van der Waals surface area contributed by atoms with Gasteiger partial charge < -0.3 is 20.6 Å². The van der Waals surface area contributed by atoms with Crippen LogP contribution in [0.3, 0.4) is 0 Å². The fraction of sp³-hybridized carbons (Fsp3) is 0.209. The third kappa shape index (κ3) is 10.9. The Bertz CT molecular complexity index is 2870. The molecule has 4 aromatic carbocycles. The Morgan fingerprint density at radius 3 is 1.97 bits per heavy atom. The second-order valence-corrected chi connectivity index (χ2v) is 18.7. The van der Waals surface area contributed by atoms with E-state index in [4.69, 9.17) is 33.5 Å². The number of aliphatic hydroxyl groups excluding tert-OH is 1. The van der Waals surface area contributed by atoms with E-state index in [1.54, 1.807) is 90.1 Å². The van der Waals surface area contributed by atoms with E-state index in [1.807, 2.05) is 6.07 Å². The van der Waals surface area contributed by atoms with Crippen molar-refractivity contribution < 1.29 is 31.5 Å². The van der Waals surface area contributed by atoms with Crippen LogP contribution in [0.15, 0.2) is 126 Å². The van der Waals surface area contributed by atoms with Gasteiger partial charge in [-0.15, -0.1) is 0 Å². The number of nitrogens with one attached hydrogen (secondary N) is 2. The summed E-state index contributed by atoms with van der Waals surface area (Å²) in [6.07, 6.45) is 9.62. The predicted octanol–water partition coefficient (Wildman–Crippen LogP) is 6.69. The molecule has 2 aliphatic rings. The highest BCUT2D eigenvalue weighted by atomic mass is 35.5. The fourth-order valence-electron chi connectivity index (χ4n) is 6.96. The second kappa shape index (κ2) is 18.8. The second-order valence-electron chi connectivity index (χ2n) is 14.8. The summed E-state index contributed by atoms with van der Waals surface area (Å²) in [5, 5.41) is 31.5. The lowest BCUT2D eigenvalue weighted by Crippen LogP contribution is -2.21. The van der Waals surface area contributed by atoms with Gasteiger partial charge in [0.2, 0.25) is 26.0 Å². The molecule has 1 aliphatic carbocycles. The number of benzene rings is 4. The molecule has 62 heavy (non-hydrogen) atoms. The van der Waals surface area contributed by atoms with E-state index in [2.05, 4.69) is 25.6 Å². The Morgan fingerprint density at radius 1 is 0.758 bits per heavy atom. The number of aliphatic hydroxyl groups is 1. The first-order valence-electron chi connectivity index (χ1n) is 19.4. The van der Waals surface area contributed by atoms with Gasteiger partial charge in [-0.05, 0) is 73.7 Å². The average Bonchev–Trinajstić information content (AvgIpc) is 3.70. The summed E-state index contributed by atoms with van der Waals surface area (Å²) in [7, 11) is -8.14. The van der Waals surface area contributed by atoms with Crippen molar-refractivity contribution in [2.45, 2.75) is 54.0 Å². The highest BCUT2D eigenvalue weighted by molar-refractivity contribution is 7.89. The maximum Gasteiger partial charge on any atom is 0.257 e. The van der Waals surface area contributed by atoms with E-state index in [-0.39, 0.29) is 38.4 Å². The van der Waals surface area contributed by atoms with Crippen LogP contribution in [0.4, 0.5) is 17.1 Å². The van der Waals surface area contributed by atoms with Crippen LogP contribution in [0.2, 0.25) is 10.0 Å². The number of sulfonamides is 2. The molecule has 0 bridgehead atoms. The molecule has 7 N–H and O–H groups in total. The zero-order valence-corrected chi connectivity index (χ0v) is 36.1. The third-order valence-corrected chi connectivity index (χ3v) is 12.8. The normalized spacial score (nSPS) is 14.4. The van der Waals surface area contributed by atoms with E-state index in [9.17, 15) is 31.5 Å². The minimum Gasteiger partial charge on any atom is -0.378 e. The van der Waals surface area contributed by atoms with Gasteiger partial charge >= 0.3 is 0 Å². The Labute approximate surface area is 368 Å². The van der Waals surface area contributed by atoms with Gasteiger partial charge in [0.25, 0.3) is 5.91 Å². The van der Waals surface area contributed by atoms with Crippen molar-refractivity contribution in [3.63, 3.8) is 0 Å². The molecular weight excluding hydrogens is 876 g/mol. The lowest BCUT2D eigenvalue weighted by atomic mass is 10.1. The Hall–Kier alpha value is -5.66. The molecule has 1 unspecified atom stereocenters. The van der Waals surface area contributed by atoms with Crippen molar-refractivity contribution >= 4 is 72.1 Å². The number of hydrogen-bond donors (Lipinski definition) is 5. The quantitative estimate of drug-likeness (QED) is 0.0873. The number of carbonyl (C=O) groups is 2. The Balaban J connectivity index is 0.000000187. The molecule has 322 valence electrons. The highest BCUT2D eigenvalue weighted by Gasteiger charge is 2.26. The molecule has 15 nitrogen and oxygen atoms in total. The number of amides is 2. The van der Waals surface area contributed by atoms with Gasteiger partial charge in [-0.25, -0.2) is 27.1 Å². The van der Waals surface area contributed by atoms with Gasteiger partial charge in [0, 0.05) is 74.7 Å². The Kier molecular flexibility index (Phi) is 13.4. The van der Waals surface area contributed by atoms with Crippen LogP contribution in [-0.4, -0.2) is 61.6 Å². The zero-order valence-electron chi connectivity index (χ0n) is 33.0. The first-order chi connectivity index (χ1) is 29.5. The smallest absolute Gasteiger partial charge is 0.257 e. The third-order valence-electron chi connectivity index (χ3n) is 10.2. The summed E-state index contributed by atoms with van der Waals surface area (Å²) >= 11 is 12.1. The largest absolute Gasteiger partial charge is 0.378 e. The highest BCUT2D eigenvalue weighted by Crippen LogP contribution is 2.37. The van der Waals surface area contributed by atoms with Crippen molar-refractivity contribution in [2.24, 2.45) is 10.3 Å². The van der Waals surface area contributed by atoms with E-state index >= 15 is 0 Å². The molecule has 1 aliphatic heterocycles. The lowest BCUT2D eigenvalue weighted by molar-refractivity contribution is -0.124. The monoisotopic (exact) mass is 916 g/mol. The summed E-state index contributed by atoms with van der Waals surface area (Å²) in [5.74, 6) is -1.07. The van der Waals surface area contributed by atoms with Crippen molar-refractivity contribution in [1.29, 1.82) is 0 Å². The standard InChI is InChI=1S/C23H23ClN4O3S.C20H19ClN4O4S/c24-21-6-2-1-5-16(21)12-23(29)27-18-7-8-20(22(13-18)32(25,30)31)17-11-19(15-26-14-17)28-9-3-4-10-28;21-17-4-2-1-3-16(17)19(26)20(27)24-13-5-8-15(18(9-13)30(22,28)29)12-10-23-25(11-12)14-6-7-14/h1-2,5-8,11,13-15H,3-4,9-10,12H2,(H,27,29)(H2,25,30,31);1-5,8-11,14,19,26H,6-7H2,(H,24,27)(H2,22,28,29). The fourth-order valence-corrected chi connectivity index (χ4v) is 8.96. The molecule has 2 fully saturated rings. The molecule has 2 aromatic heterocycles. The van der Waals surface area contributed by atoms with Crippen LogP contribution >= 0.6 is 23.2 Å². The van der Waals surface area contributed by atoms with E-state index < -0.39 is 32.1 Å². The molecule has 0 spiro atoms. The topological polar surface area (TPSA) is 233 Å².